The lowest BCUT2D eigenvalue weighted by molar-refractivity contribution is 0.0477. The van der Waals surface area contributed by atoms with Gasteiger partial charge in [-0.25, -0.2) is 22.7 Å². The van der Waals surface area contributed by atoms with Gasteiger partial charge in [0.05, 0.1) is 12.3 Å². The van der Waals surface area contributed by atoms with Crippen LogP contribution in [0.1, 0.15) is 116 Å². The van der Waals surface area contributed by atoms with Crippen molar-refractivity contribution < 1.29 is 27.5 Å². The molecule has 2 amide bonds. The van der Waals surface area contributed by atoms with Gasteiger partial charge < -0.3 is 20.1 Å². The summed E-state index contributed by atoms with van der Waals surface area (Å²) in [4.78, 5) is 23.5. The van der Waals surface area contributed by atoms with E-state index >= 15 is 0 Å². The van der Waals surface area contributed by atoms with Gasteiger partial charge in [0.2, 0.25) is 10.0 Å². The molecule has 226 valence electrons. The Hall–Kier alpha value is -1.26. The zero-order chi connectivity index (χ0) is 28.3. The van der Waals surface area contributed by atoms with Crippen LogP contribution in [0.2, 0.25) is 0 Å². The van der Waals surface area contributed by atoms with Crippen LogP contribution in [0.25, 0.3) is 0 Å². The molecule has 0 fully saturated rings. The molecule has 0 aromatic rings. The van der Waals surface area contributed by atoms with Crippen LogP contribution in [0, 0.1) is 0 Å². The number of unbranched alkanes of at least 4 members (excludes halogenated alkanes) is 15. The monoisotopic (exact) mass is 583 g/mol. The van der Waals surface area contributed by atoms with Crippen LogP contribution in [0.3, 0.4) is 0 Å². The third kappa shape index (κ3) is 25.0. The molecule has 0 heterocycles. The van der Waals surface area contributed by atoms with Crippen molar-refractivity contribution in [3.05, 3.63) is 0 Å². The highest BCUT2D eigenvalue weighted by Gasteiger charge is 2.19. The normalized spacial score (nSPS) is 12.2. The minimum atomic E-state index is -3.56. The van der Waals surface area contributed by atoms with E-state index in [4.69, 9.17) is 21.1 Å². The van der Waals surface area contributed by atoms with E-state index in [-0.39, 0.29) is 24.8 Å². The Balaban J connectivity index is 3.77. The molecule has 0 aliphatic rings. The third-order valence-corrected chi connectivity index (χ3v) is 7.96. The van der Waals surface area contributed by atoms with Gasteiger partial charge in [0.15, 0.2) is 6.10 Å². The van der Waals surface area contributed by atoms with E-state index in [1.54, 1.807) is 0 Å². The Labute approximate surface area is 236 Å². The van der Waals surface area contributed by atoms with Crippen molar-refractivity contribution in [1.82, 2.24) is 15.4 Å². The number of hydrogen-bond donors (Lipinski definition) is 3. The minimum absolute atomic E-state index is 0.135. The first kappa shape index (κ1) is 36.7. The first-order chi connectivity index (χ1) is 18.3. The molecule has 0 bridgehead atoms. The molecule has 38 heavy (non-hydrogen) atoms. The first-order valence-corrected chi connectivity index (χ1v) is 16.9. The number of halogens is 1. The van der Waals surface area contributed by atoms with Crippen LogP contribution in [-0.4, -0.2) is 65.1 Å². The topological polar surface area (TPSA) is 123 Å². The molecule has 11 heteroatoms. The number of carbonyl (C=O) groups is 2. The molecule has 0 aromatic heterocycles. The van der Waals surface area contributed by atoms with Crippen LogP contribution in [0.5, 0.6) is 0 Å². The maximum Gasteiger partial charge on any atom is 0.407 e. The molecule has 0 radical (unpaired) electrons. The van der Waals surface area contributed by atoms with Gasteiger partial charge >= 0.3 is 12.2 Å². The second-order valence-electron chi connectivity index (χ2n) is 9.82. The van der Waals surface area contributed by atoms with E-state index in [1.807, 2.05) is 0 Å². The predicted octanol–water partition coefficient (Wildman–Crippen LogP) is 6.25. The lowest BCUT2D eigenvalue weighted by Crippen LogP contribution is -2.41. The summed E-state index contributed by atoms with van der Waals surface area (Å²) >= 11 is 5.53. The molecule has 0 spiro atoms. The van der Waals surface area contributed by atoms with Gasteiger partial charge in [-0.3, -0.25) is 0 Å². The highest BCUT2D eigenvalue weighted by molar-refractivity contribution is 7.89. The van der Waals surface area contributed by atoms with Crippen LogP contribution in [0.4, 0.5) is 9.59 Å². The fraction of sp³-hybridized carbons (Fsp3) is 0.926. The summed E-state index contributed by atoms with van der Waals surface area (Å²) in [5.74, 6) is 0.0889. The number of nitrogens with one attached hydrogen (secondary N) is 3. The molecule has 0 saturated carbocycles. The Bertz CT molecular complexity index is 682. The van der Waals surface area contributed by atoms with Gasteiger partial charge in [0.1, 0.15) is 6.61 Å². The number of hydrogen-bond acceptors (Lipinski definition) is 6. The molecule has 0 rings (SSSR count). The molecule has 0 aromatic carbocycles. The SMILES string of the molecule is CCCCCCCCCCCCCCCCCCNC(=O)OCC(CNS(=O)(=O)CCCCl)OC(=O)NC. The summed E-state index contributed by atoms with van der Waals surface area (Å²) in [6.45, 7) is 2.29. The summed E-state index contributed by atoms with van der Waals surface area (Å²) in [7, 11) is -2.18. The van der Waals surface area contributed by atoms with E-state index < -0.39 is 28.3 Å². The fourth-order valence-corrected chi connectivity index (χ4v) is 5.37. The Morgan fingerprint density at radius 1 is 0.763 bits per heavy atom. The van der Waals surface area contributed by atoms with E-state index in [1.165, 1.54) is 90.5 Å². The van der Waals surface area contributed by atoms with Crippen molar-refractivity contribution in [2.24, 2.45) is 0 Å². The van der Waals surface area contributed by atoms with Crippen LogP contribution >= 0.6 is 11.6 Å². The van der Waals surface area contributed by atoms with Crippen LogP contribution < -0.4 is 15.4 Å². The van der Waals surface area contributed by atoms with E-state index in [0.717, 1.165) is 19.3 Å². The standard InChI is InChI=1S/C27H54ClN3O6S/c1-3-4-5-6-7-8-9-10-11-12-13-14-15-16-17-18-21-30-27(33)36-24-25(37-26(32)29-2)23-31-38(34,35)22-19-20-28/h25,31H,3-24H2,1-2H3,(H,29,32)(H,30,33). The summed E-state index contributed by atoms with van der Waals surface area (Å²) < 4.78 is 36.4. The number of amides is 2. The van der Waals surface area contributed by atoms with Gasteiger partial charge in [-0.05, 0) is 12.8 Å². The van der Waals surface area contributed by atoms with Crippen molar-refractivity contribution in [2.75, 3.05) is 38.4 Å². The molecule has 0 aliphatic heterocycles. The average molecular weight is 584 g/mol. The zero-order valence-corrected chi connectivity index (χ0v) is 25.4. The summed E-state index contributed by atoms with van der Waals surface area (Å²) in [5.41, 5.74) is 0. The number of carbonyl (C=O) groups excluding carboxylic acids is 2. The Kier molecular flexibility index (Phi) is 25.1. The molecule has 1 atom stereocenters. The molecule has 1 unspecified atom stereocenters. The van der Waals surface area contributed by atoms with Crippen molar-refractivity contribution in [2.45, 2.75) is 122 Å². The van der Waals surface area contributed by atoms with Crippen LogP contribution in [0.15, 0.2) is 0 Å². The summed E-state index contributed by atoms with van der Waals surface area (Å²) in [6, 6.07) is 0. The smallest absolute Gasteiger partial charge is 0.407 e. The zero-order valence-electron chi connectivity index (χ0n) is 23.9. The lowest BCUT2D eigenvalue weighted by atomic mass is 10.0. The second-order valence-corrected chi connectivity index (χ2v) is 12.1. The van der Waals surface area contributed by atoms with Crippen molar-refractivity contribution in [3.63, 3.8) is 0 Å². The molecule has 0 aliphatic carbocycles. The largest absolute Gasteiger partial charge is 0.446 e. The second kappa shape index (κ2) is 26.0. The maximum absolute atomic E-state index is 12.0. The van der Waals surface area contributed by atoms with E-state index in [0.29, 0.717) is 13.0 Å². The average Bonchev–Trinajstić information content (AvgIpc) is 2.90. The summed E-state index contributed by atoms with van der Waals surface area (Å²) in [6.07, 6.45) is 18.6. The molecule has 0 saturated heterocycles. The first-order valence-electron chi connectivity index (χ1n) is 14.7. The molecule has 9 nitrogen and oxygen atoms in total. The maximum atomic E-state index is 12.0. The molecular weight excluding hydrogens is 530 g/mol. The Morgan fingerprint density at radius 2 is 1.26 bits per heavy atom. The van der Waals surface area contributed by atoms with Crippen molar-refractivity contribution in [3.8, 4) is 0 Å². The fourth-order valence-electron chi connectivity index (χ4n) is 3.96. The third-order valence-electron chi connectivity index (χ3n) is 6.26. The lowest BCUT2D eigenvalue weighted by Gasteiger charge is -2.18. The quantitative estimate of drug-likeness (QED) is 0.0817. The van der Waals surface area contributed by atoms with Crippen molar-refractivity contribution in [1.29, 1.82) is 0 Å². The van der Waals surface area contributed by atoms with E-state index in [2.05, 4.69) is 22.3 Å². The van der Waals surface area contributed by atoms with Gasteiger partial charge in [0, 0.05) is 19.5 Å². The van der Waals surface area contributed by atoms with Crippen molar-refractivity contribution >= 4 is 33.8 Å². The highest BCUT2D eigenvalue weighted by Crippen LogP contribution is 2.13. The van der Waals surface area contributed by atoms with Gasteiger partial charge in [-0.15, -0.1) is 11.6 Å². The number of rotatable bonds is 26. The number of sulfonamides is 1. The Morgan fingerprint density at radius 3 is 1.74 bits per heavy atom. The molecule has 3 N–H and O–H groups in total. The summed E-state index contributed by atoms with van der Waals surface area (Å²) in [5, 5.41) is 4.97. The number of alkyl carbamates (subject to hydrolysis) is 2. The van der Waals surface area contributed by atoms with Gasteiger partial charge in [-0.2, -0.15) is 0 Å². The predicted molar refractivity (Wildman–Crippen MR) is 155 cm³/mol. The van der Waals surface area contributed by atoms with Crippen LogP contribution in [-0.2, 0) is 19.5 Å². The van der Waals surface area contributed by atoms with Gasteiger partial charge in [0.25, 0.3) is 0 Å². The number of ether oxygens (including phenoxy) is 2. The van der Waals surface area contributed by atoms with E-state index in [9.17, 15) is 18.0 Å². The highest BCUT2D eigenvalue weighted by atomic mass is 35.5. The van der Waals surface area contributed by atoms with Gasteiger partial charge in [-0.1, -0.05) is 103 Å². The number of alkyl halides is 1. The molecular formula is C27H54ClN3O6S. The minimum Gasteiger partial charge on any atom is -0.446 e.